The van der Waals surface area contributed by atoms with Crippen LogP contribution >= 0.6 is 0 Å². The molecule has 19 heavy (non-hydrogen) atoms. The Morgan fingerprint density at radius 2 is 1.74 bits per heavy atom. The molecule has 0 heterocycles. The molecule has 108 valence electrons. The summed E-state index contributed by atoms with van der Waals surface area (Å²) in [7, 11) is 0. The minimum Gasteiger partial charge on any atom is -0.381 e. The van der Waals surface area contributed by atoms with Crippen molar-refractivity contribution in [3.05, 3.63) is 35.9 Å². The highest BCUT2D eigenvalue weighted by Gasteiger charge is 2.11. The fraction of sp³-hybridized carbons (Fsp3) is 0.647. The van der Waals surface area contributed by atoms with Crippen LogP contribution in [0.25, 0.3) is 0 Å². The second-order valence-corrected chi connectivity index (χ2v) is 5.93. The Balaban J connectivity index is 2.45. The predicted octanol–water partition coefficient (Wildman–Crippen LogP) is 3.83. The van der Waals surface area contributed by atoms with Crippen molar-refractivity contribution in [3.63, 3.8) is 0 Å². The number of nitrogens with one attached hydrogen (secondary N) is 1. The molecule has 0 bridgehead atoms. The highest BCUT2D eigenvalue weighted by molar-refractivity contribution is 5.19. The van der Waals surface area contributed by atoms with E-state index in [0.717, 1.165) is 26.2 Å². The molecule has 0 amide bonds. The van der Waals surface area contributed by atoms with Gasteiger partial charge in [0.1, 0.15) is 0 Å². The van der Waals surface area contributed by atoms with Gasteiger partial charge < -0.3 is 10.1 Å². The maximum atomic E-state index is 5.73. The van der Waals surface area contributed by atoms with Crippen LogP contribution in [0, 0.1) is 5.92 Å². The lowest BCUT2D eigenvalue weighted by molar-refractivity contribution is 0.103. The van der Waals surface area contributed by atoms with Crippen LogP contribution in [0.3, 0.4) is 0 Å². The minimum absolute atomic E-state index is 0.530. The van der Waals surface area contributed by atoms with E-state index in [4.69, 9.17) is 4.74 Å². The van der Waals surface area contributed by atoms with E-state index in [9.17, 15) is 0 Å². The van der Waals surface area contributed by atoms with E-state index >= 15 is 0 Å². The largest absolute Gasteiger partial charge is 0.381 e. The molecular weight excluding hydrogens is 234 g/mol. The van der Waals surface area contributed by atoms with Crippen LogP contribution in [0.4, 0.5) is 0 Å². The van der Waals surface area contributed by atoms with Gasteiger partial charge in [0.2, 0.25) is 0 Å². The quantitative estimate of drug-likeness (QED) is 0.684. The number of hydrogen-bond donors (Lipinski definition) is 1. The first-order valence-corrected chi connectivity index (χ1v) is 7.45. The first kappa shape index (κ1) is 16.2. The minimum atomic E-state index is 0.530. The Bertz CT molecular complexity index is 321. The van der Waals surface area contributed by atoms with Gasteiger partial charge in [0.15, 0.2) is 0 Å². The van der Waals surface area contributed by atoms with Gasteiger partial charge >= 0.3 is 0 Å². The molecule has 0 spiro atoms. The van der Waals surface area contributed by atoms with Gasteiger partial charge in [0.25, 0.3) is 0 Å². The molecule has 1 aromatic rings. The molecule has 0 aliphatic carbocycles. The van der Waals surface area contributed by atoms with Gasteiger partial charge in [-0.05, 0) is 23.8 Å². The van der Waals surface area contributed by atoms with E-state index < -0.39 is 0 Å². The number of benzene rings is 1. The molecule has 2 heteroatoms. The van der Waals surface area contributed by atoms with Crippen molar-refractivity contribution in [2.75, 3.05) is 19.8 Å². The maximum Gasteiger partial charge on any atom is 0.0488 e. The fourth-order valence-electron chi connectivity index (χ4n) is 2.03. The van der Waals surface area contributed by atoms with E-state index in [2.05, 4.69) is 63.3 Å². The van der Waals surface area contributed by atoms with Crippen LogP contribution in [0.2, 0.25) is 0 Å². The molecule has 1 N–H and O–H groups in total. The summed E-state index contributed by atoms with van der Waals surface area (Å²) < 4.78 is 5.73. The van der Waals surface area contributed by atoms with Crippen molar-refractivity contribution in [1.29, 1.82) is 0 Å². The van der Waals surface area contributed by atoms with Crippen LogP contribution in [0.1, 0.15) is 45.6 Å². The van der Waals surface area contributed by atoms with Crippen LogP contribution in [-0.2, 0) is 4.74 Å². The Kier molecular flexibility index (Phi) is 7.76. The summed E-state index contributed by atoms with van der Waals surface area (Å²) in [5, 5.41) is 3.54. The van der Waals surface area contributed by atoms with Gasteiger partial charge in [-0.15, -0.1) is 0 Å². The van der Waals surface area contributed by atoms with Crippen molar-refractivity contribution >= 4 is 0 Å². The van der Waals surface area contributed by atoms with Crippen LogP contribution < -0.4 is 5.32 Å². The van der Waals surface area contributed by atoms with E-state index in [0.29, 0.717) is 17.9 Å². The molecule has 1 unspecified atom stereocenters. The highest BCUT2D eigenvalue weighted by Crippen LogP contribution is 2.19. The normalized spacial score (nSPS) is 13.2. The van der Waals surface area contributed by atoms with Crippen LogP contribution in [0.5, 0.6) is 0 Å². The summed E-state index contributed by atoms with van der Waals surface area (Å²) in [6.45, 7) is 11.5. The molecule has 0 aliphatic rings. The van der Waals surface area contributed by atoms with Crippen LogP contribution in [0.15, 0.2) is 30.3 Å². The fourth-order valence-corrected chi connectivity index (χ4v) is 2.03. The lowest BCUT2D eigenvalue weighted by atomic mass is 9.96. The Morgan fingerprint density at radius 1 is 1.05 bits per heavy atom. The second-order valence-electron chi connectivity index (χ2n) is 5.93. The Morgan fingerprint density at radius 3 is 2.32 bits per heavy atom. The zero-order chi connectivity index (χ0) is 14.1. The summed E-state index contributed by atoms with van der Waals surface area (Å²) in [4.78, 5) is 0. The Hall–Kier alpha value is -0.860. The van der Waals surface area contributed by atoms with Gasteiger partial charge in [-0.2, -0.15) is 0 Å². The third-order valence-electron chi connectivity index (χ3n) is 3.11. The molecule has 0 radical (unpaired) electrons. The highest BCUT2D eigenvalue weighted by atomic mass is 16.5. The van der Waals surface area contributed by atoms with Gasteiger partial charge in [0, 0.05) is 25.8 Å². The van der Waals surface area contributed by atoms with E-state index in [-0.39, 0.29) is 0 Å². The number of rotatable bonds is 9. The third kappa shape index (κ3) is 7.34. The zero-order valence-electron chi connectivity index (χ0n) is 12.9. The first-order chi connectivity index (χ1) is 9.09. The lowest BCUT2D eigenvalue weighted by Gasteiger charge is -2.20. The van der Waals surface area contributed by atoms with Gasteiger partial charge in [-0.1, -0.05) is 58.0 Å². The summed E-state index contributed by atoms with van der Waals surface area (Å²) in [5.74, 6) is 1.15. The number of ether oxygens (including phenoxy) is 1. The smallest absolute Gasteiger partial charge is 0.0488 e. The monoisotopic (exact) mass is 263 g/mol. The summed E-state index contributed by atoms with van der Waals surface area (Å²) in [6, 6.07) is 11.3. The molecule has 1 aromatic carbocycles. The zero-order valence-corrected chi connectivity index (χ0v) is 12.9. The first-order valence-electron chi connectivity index (χ1n) is 7.45. The van der Waals surface area contributed by atoms with Gasteiger partial charge in [-0.3, -0.25) is 0 Å². The SMILES string of the molecule is CC(C)COCCC(CNC(C)C)c1ccccc1. The maximum absolute atomic E-state index is 5.73. The van der Waals surface area contributed by atoms with E-state index in [1.165, 1.54) is 5.56 Å². The number of hydrogen-bond acceptors (Lipinski definition) is 2. The Labute approximate surface area is 118 Å². The lowest BCUT2D eigenvalue weighted by Crippen LogP contribution is -2.28. The van der Waals surface area contributed by atoms with Crippen molar-refractivity contribution in [1.82, 2.24) is 5.32 Å². The van der Waals surface area contributed by atoms with Crippen molar-refractivity contribution in [2.24, 2.45) is 5.92 Å². The van der Waals surface area contributed by atoms with Gasteiger partial charge in [0.05, 0.1) is 0 Å². The molecule has 1 rings (SSSR count). The van der Waals surface area contributed by atoms with E-state index in [1.807, 2.05) is 0 Å². The second kappa shape index (κ2) is 9.11. The summed E-state index contributed by atoms with van der Waals surface area (Å²) >= 11 is 0. The summed E-state index contributed by atoms with van der Waals surface area (Å²) in [5.41, 5.74) is 1.41. The van der Waals surface area contributed by atoms with Crippen LogP contribution in [-0.4, -0.2) is 25.8 Å². The average Bonchev–Trinajstić information content (AvgIpc) is 2.38. The molecule has 2 nitrogen and oxygen atoms in total. The van der Waals surface area contributed by atoms with Crippen molar-refractivity contribution in [2.45, 2.75) is 46.1 Å². The molecule has 0 saturated heterocycles. The predicted molar refractivity (Wildman–Crippen MR) is 82.6 cm³/mol. The molecule has 0 saturated carbocycles. The molecule has 0 aliphatic heterocycles. The summed E-state index contributed by atoms with van der Waals surface area (Å²) in [6.07, 6.45) is 1.08. The van der Waals surface area contributed by atoms with Crippen molar-refractivity contribution in [3.8, 4) is 0 Å². The van der Waals surface area contributed by atoms with Gasteiger partial charge in [-0.25, -0.2) is 0 Å². The topological polar surface area (TPSA) is 21.3 Å². The van der Waals surface area contributed by atoms with E-state index in [1.54, 1.807) is 0 Å². The molecule has 0 aromatic heterocycles. The van der Waals surface area contributed by atoms with Crippen molar-refractivity contribution < 1.29 is 4.74 Å². The molecule has 0 fully saturated rings. The standard InChI is InChI=1S/C17H29NO/c1-14(2)13-19-11-10-17(12-18-15(3)4)16-8-6-5-7-9-16/h5-9,14-15,17-18H,10-13H2,1-4H3. The average molecular weight is 263 g/mol. The molecule has 1 atom stereocenters. The molecular formula is C17H29NO. The third-order valence-corrected chi connectivity index (χ3v) is 3.11.